The molecule has 2 heterocycles. The lowest BCUT2D eigenvalue weighted by Gasteiger charge is -2.18. The topological polar surface area (TPSA) is 513 Å². The molecule has 0 aliphatic heterocycles. The highest BCUT2D eigenvalue weighted by Gasteiger charge is 2.31. The molecule has 10 rings (SSSR count). The zero-order valence-corrected chi connectivity index (χ0v) is 79.7. The molecule has 0 radical (unpaired) electrons. The van der Waals surface area contributed by atoms with E-state index in [4.69, 9.17) is 66.4 Å². The molecule has 0 spiro atoms. The number of ketones is 2. The molecule has 726 valence electrons. The van der Waals surface area contributed by atoms with Crippen LogP contribution in [0.25, 0.3) is 34.4 Å². The second kappa shape index (κ2) is 55.3. The molecule has 136 heavy (non-hydrogen) atoms. The summed E-state index contributed by atoms with van der Waals surface area (Å²) >= 11 is 4.92. The number of pyridine rings is 2. The van der Waals surface area contributed by atoms with Crippen LogP contribution in [0.4, 0.5) is 25.8 Å². The minimum Gasteiger partial charge on any atom is -0.448 e. The Kier molecular flexibility index (Phi) is 45.6. The van der Waals surface area contributed by atoms with Crippen LogP contribution < -0.4 is 31.2 Å². The van der Waals surface area contributed by atoms with Crippen molar-refractivity contribution in [3.8, 4) is 33.8 Å². The molecular formula is C97H115Cl2N13O24. The van der Waals surface area contributed by atoms with Gasteiger partial charge in [-0.15, -0.1) is 12.4 Å². The average molecular weight is 1920 g/mol. The van der Waals surface area contributed by atoms with Gasteiger partial charge >= 0.3 is 41.6 Å². The summed E-state index contributed by atoms with van der Waals surface area (Å²) in [7, 11) is 11.3. The van der Waals surface area contributed by atoms with Gasteiger partial charge in [0.25, 0.3) is 23.2 Å². The van der Waals surface area contributed by atoms with Crippen LogP contribution in [0.2, 0.25) is 0 Å². The number of aliphatic hydroxyl groups is 1. The second-order valence-electron chi connectivity index (χ2n) is 32.4. The average Bonchev–Trinajstić information content (AvgIpc) is 1.36. The Morgan fingerprint density at radius 3 is 1.24 bits per heavy atom. The lowest BCUT2D eigenvalue weighted by Crippen LogP contribution is -2.32. The minimum atomic E-state index is -1.25. The number of carbonyl (C=O) groups excluding carboxylic acids is 11. The third kappa shape index (κ3) is 37.9. The summed E-state index contributed by atoms with van der Waals surface area (Å²) in [5.41, 5.74) is 11.2. The molecule has 2 saturated carbocycles. The number of ether oxygens (including phenoxy) is 8. The molecule has 3 amide bonds. The van der Waals surface area contributed by atoms with Crippen LogP contribution in [-0.4, -0.2) is 224 Å². The highest BCUT2D eigenvalue weighted by atomic mass is 35.5. The Bertz CT molecular complexity index is 5590. The van der Waals surface area contributed by atoms with Gasteiger partial charge in [0.05, 0.1) is 28.3 Å². The SMILES string of the molecule is C=Cc1cc(C(=O)Cc2ccc(C(=N)N)cc2)c(-c2ccc(C(=O)NCC3CC3)nc2C(=O)OC(C)OC(=O)C(C)C)cc1C.C=Cc1cc(C(=O)Cc2ccc(C(=N)NC(=O)OCCN(C)C)cc2)c(-c2ccc(C(=O)NCC3CC3)nc2C(=O)OC(C)OC(=O)C(C)C)cc1C.CN(C)CCO.CN(C)CCOC(=O)Oc1ccc([N+](=O)[O-])cc1.Cl.O=C(Cl)Oc1ccc([N+](=O)[O-])cc1. The number of aryl methyl sites for hydroxylation is 2. The number of amidine groups is 2. The molecule has 0 saturated heterocycles. The standard InChI is InChI=1S/C40H47N5O8.C35H38N4O6.C11H14N2O5.C7H4ClNO4.C4H11NO.ClH/c1-8-28-21-32(34(46)20-26-11-13-29(14-12-26)36(41)44-40(50)51-18-17-45(6)7)31(19-24(28)4)30-15-16-33(37(47)42-22-27-9-10-27)43-35(30)39(49)53-25(5)52-38(48)23(2)3;1-6-24-17-28(30(40)16-22-9-11-25(12-10-22)32(36)37)27(15-20(24)4)26-13-14-29(33(41)38-18-23-7-8-23)39-31(26)35(43)45-21(5)44-34(42)19(2)3;1-12(2)7-8-17-11(14)18-10-5-3-9(4-6-10)13(15)16;8-7(10)13-6-3-1-5(2-4-6)9(11)12;1-5(2)3-4-6;/h8,11-16,19,21,23,25,27H,1,9-10,17-18,20,22H2,2-7H3,(H,42,47)(H2,41,44,50);6,9-15,17,19,21,23H,1,7-8,16,18H2,2-5H3,(H3,36,37)(H,38,41);3-6H,7-8H2,1-2H3;1-4H;6H,3-4H2,1-2H3;1H. The molecule has 0 bridgehead atoms. The van der Waals surface area contributed by atoms with Gasteiger partial charge in [-0.1, -0.05) is 114 Å². The number of rotatable bonds is 38. The van der Waals surface area contributed by atoms with E-state index in [0.29, 0.717) is 82.5 Å². The van der Waals surface area contributed by atoms with Gasteiger partial charge in [0.1, 0.15) is 47.8 Å². The van der Waals surface area contributed by atoms with Crippen molar-refractivity contribution >= 4 is 124 Å². The van der Waals surface area contributed by atoms with E-state index in [1.165, 1.54) is 74.5 Å². The molecule has 39 heteroatoms. The zero-order chi connectivity index (χ0) is 100. The Labute approximate surface area is 798 Å². The smallest absolute Gasteiger partial charge is 0.448 e. The summed E-state index contributed by atoms with van der Waals surface area (Å²) in [6.07, 6.45) is 3.38. The van der Waals surface area contributed by atoms with Gasteiger partial charge in [-0.3, -0.25) is 65.1 Å². The minimum absolute atomic E-state index is 0. The summed E-state index contributed by atoms with van der Waals surface area (Å²) in [6, 6.07) is 36.7. The van der Waals surface area contributed by atoms with E-state index in [1.807, 2.05) is 70.8 Å². The predicted molar refractivity (Wildman–Crippen MR) is 512 cm³/mol. The number of nitrogens with zero attached hydrogens (tertiary/aromatic N) is 7. The number of esters is 4. The number of aromatic nitrogens is 2. The number of nitrogens with two attached hydrogens (primary N) is 1. The van der Waals surface area contributed by atoms with E-state index >= 15 is 0 Å². The molecule has 2 unspecified atom stereocenters. The number of non-ortho nitro benzene ring substituents is 2. The quantitative estimate of drug-likeness (QED) is 0.00180. The van der Waals surface area contributed by atoms with Crippen molar-refractivity contribution in [2.24, 2.45) is 29.4 Å². The Morgan fingerprint density at radius 2 is 0.904 bits per heavy atom. The molecule has 6 aromatic carbocycles. The predicted octanol–water partition coefficient (Wildman–Crippen LogP) is 14.8. The molecule has 8 aromatic rings. The first-order chi connectivity index (χ1) is 63.9. The fourth-order valence-corrected chi connectivity index (χ4v) is 11.8. The number of carbonyl (C=O) groups is 11. The van der Waals surface area contributed by atoms with E-state index in [9.17, 15) is 73.0 Å². The van der Waals surface area contributed by atoms with Crippen molar-refractivity contribution in [2.45, 2.75) is 106 Å². The summed E-state index contributed by atoms with van der Waals surface area (Å²) in [4.78, 5) is 173. The lowest BCUT2D eigenvalue weighted by atomic mass is 9.89. The number of nitro groups is 2. The van der Waals surface area contributed by atoms with Crippen LogP contribution in [0.1, 0.15) is 174 Å². The van der Waals surface area contributed by atoms with Gasteiger partial charge in [-0.25, -0.2) is 33.9 Å². The Morgan fingerprint density at radius 1 is 0.529 bits per heavy atom. The first-order valence-corrected chi connectivity index (χ1v) is 43.1. The van der Waals surface area contributed by atoms with E-state index in [-0.39, 0.29) is 131 Å². The summed E-state index contributed by atoms with van der Waals surface area (Å²) < 4.78 is 40.6. The maximum absolute atomic E-state index is 14.1. The Hall–Kier alpha value is -14.4. The maximum atomic E-state index is 14.1. The molecule has 2 aliphatic carbocycles. The number of likely N-dealkylation sites (N-methyl/N-ethyl adjacent to an activating group) is 3. The van der Waals surface area contributed by atoms with Crippen LogP contribution >= 0.6 is 24.0 Å². The Balaban J connectivity index is 0.000000350. The zero-order valence-electron chi connectivity index (χ0n) is 78.1. The maximum Gasteiger partial charge on any atom is 0.513 e. The number of benzene rings is 6. The van der Waals surface area contributed by atoms with Gasteiger partial charge in [0, 0.05) is 129 Å². The molecule has 8 N–H and O–H groups in total. The first kappa shape index (κ1) is 112. The highest BCUT2D eigenvalue weighted by molar-refractivity contribution is 6.61. The number of amides is 3. The molecule has 2 fully saturated rings. The number of nitrogens with one attached hydrogen (secondary N) is 5. The number of alkyl carbamates (subject to hydrolysis) is 1. The van der Waals surface area contributed by atoms with Crippen LogP contribution in [0.5, 0.6) is 11.5 Å². The largest absolute Gasteiger partial charge is 0.513 e. The van der Waals surface area contributed by atoms with Crippen molar-refractivity contribution in [1.82, 2.24) is 40.6 Å². The molecular weight excluding hydrogens is 1800 g/mol. The highest BCUT2D eigenvalue weighted by Crippen LogP contribution is 2.36. The van der Waals surface area contributed by atoms with Crippen LogP contribution in [0.3, 0.4) is 0 Å². The normalized spacial score (nSPS) is 12.0. The summed E-state index contributed by atoms with van der Waals surface area (Å²) in [5, 5.41) is 52.8. The van der Waals surface area contributed by atoms with Gasteiger partial charge in [-0.05, 0) is 199 Å². The number of Topliss-reactive ketones (excluding diaryl/α,β-unsaturated/α-hetero) is 2. The monoisotopic (exact) mass is 1920 g/mol. The summed E-state index contributed by atoms with van der Waals surface area (Å²) in [6.45, 7) is 24.4. The van der Waals surface area contributed by atoms with Crippen molar-refractivity contribution < 1.29 is 106 Å². The van der Waals surface area contributed by atoms with E-state index < -0.39 is 87.6 Å². The third-order valence-corrected chi connectivity index (χ3v) is 19.7. The molecule has 2 aromatic heterocycles. The van der Waals surface area contributed by atoms with E-state index in [0.717, 1.165) is 48.9 Å². The fourth-order valence-electron chi connectivity index (χ4n) is 11.8. The number of nitro benzene ring substituents is 2. The van der Waals surface area contributed by atoms with Crippen LogP contribution in [-0.2, 0) is 50.9 Å². The molecule has 37 nitrogen and oxygen atoms in total. The van der Waals surface area contributed by atoms with Crippen molar-refractivity contribution in [3.63, 3.8) is 0 Å². The number of aliphatic hydroxyl groups excluding tert-OH is 1. The van der Waals surface area contributed by atoms with Crippen molar-refractivity contribution in [1.29, 1.82) is 10.8 Å². The van der Waals surface area contributed by atoms with Crippen LogP contribution in [0, 0.1) is 68.6 Å². The van der Waals surface area contributed by atoms with Gasteiger partial charge in [0.15, 0.2) is 23.0 Å². The van der Waals surface area contributed by atoms with Gasteiger partial charge < -0.3 is 74.1 Å². The summed E-state index contributed by atoms with van der Waals surface area (Å²) in [5.74, 6) is -4.29. The van der Waals surface area contributed by atoms with Crippen molar-refractivity contribution in [2.75, 3.05) is 94.8 Å². The number of nitrogen functional groups attached to an aromatic ring is 1. The number of halogens is 2. The fraction of sp³-hybridized carbons (Fsp3) is 0.351. The first-order valence-electron chi connectivity index (χ1n) is 42.7. The van der Waals surface area contributed by atoms with Gasteiger partial charge in [0.2, 0.25) is 12.6 Å². The van der Waals surface area contributed by atoms with Crippen molar-refractivity contribution in [3.05, 3.63) is 257 Å². The van der Waals surface area contributed by atoms with Crippen LogP contribution in [0.15, 0.2) is 159 Å². The van der Waals surface area contributed by atoms with E-state index in [1.54, 1.807) is 125 Å². The number of hydrogen-bond acceptors (Lipinski definition) is 31. The number of hydrogen-bond donors (Lipinski definition) is 7. The second-order valence-corrected chi connectivity index (χ2v) is 32.7. The molecule has 2 aliphatic rings. The lowest BCUT2D eigenvalue weighted by molar-refractivity contribution is -0.385. The molecule has 2 atom stereocenters. The van der Waals surface area contributed by atoms with E-state index in [2.05, 4.69) is 43.8 Å². The van der Waals surface area contributed by atoms with Gasteiger partial charge in [-0.2, -0.15) is 0 Å². The third-order valence-electron chi connectivity index (χ3n) is 19.7.